The highest BCUT2D eigenvalue weighted by Gasteiger charge is 2.46. The molecule has 0 spiro atoms. The second kappa shape index (κ2) is 4.97. The summed E-state index contributed by atoms with van der Waals surface area (Å²) in [5, 5.41) is 12.4. The molecule has 0 aromatic carbocycles. The number of hydrogen-bond donors (Lipinski definition) is 2. The molecule has 1 atom stereocenters. The van der Waals surface area contributed by atoms with Crippen LogP contribution in [0.4, 0.5) is 0 Å². The molecule has 88 valence electrons. The van der Waals surface area contributed by atoms with Crippen molar-refractivity contribution in [1.29, 1.82) is 0 Å². The van der Waals surface area contributed by atoms with Gasteiger partial charge in [0.05, 0.1) is 0 Å². The molecule has 1 aliphatic carbocycles. The molecule has 0 heterocycles. The highest BCUT2D eigenvalue weighted by Crippen LogP contribution is 2.39. The summed E-state index contributed by atoms with van der Waals surface area (Å²) in [4.78, 5) is 11.2. The molecule has 0 aromatic rings. The van der Waals surface area contributed by atoms with Crippen LogP contribution in [0.15, 0.2) is 0 Å². The van der Waals surface area contributed by atoms with Gasteiger partial charge in [0.1, 0.15) is 5.54 Å². The molecule has 1 saturated carbocycles. The molecule has 0 radical (unpaired) electrons. The van der Waals surface area contributed by atoms with Gasteiger partial charge in [-0.25, -0.2) is 0 Å². The molecule has 0 aliphatic heterocycles. The topological polar surface area (TPSA) is 49.3 Å². The largest absolute Gasteiger partial charge is 0.480 e. The molecule has 0 saturated heterocycles. The van der Waals surface area contributed by atoms with Gasteiger partial charge in [-0.3, -0.25) is 4.79 Å². The Morgan fingerprint density at radius 3 is 2.53 bits per heavy atom. The van der Waals surface area contributed by atoms with E-state index in [1.54, 1.807) is 0 Å². The van der Waals surface area contributed by atoms with Crippen molar-refractivity contribution in [3.63, 3.8) is 0 Å². The average molecular weight is 213 g/mol. The molecule has 1 fully saturated rings. The maximum atomic E-state index is 11.2. The molecule has 0 bridgehead atoms. The Morgan fingerprint density at radius 1 is 1.53 bits per heavy atom. The van der Waals surface area contributed by atoms with Crippen molar-refractivity contribution in [3.8, 4) is 0 Å². The first-order valence-corrected chi connectivity index (χ1v) is 5.95. The second-order valence-corrected chi connectivity index (χ2v) is 5.24. The summed E-state index contributed by atoms with van der Waals surface area (Å²) in [5.74, 6) is 0.340. The zero-order chi connectivity index (χ0) is 11.5. The fourth-order valence-electron chi connectivity index (χ4n) is 1.91. The van der Waals surface area contributed by atoms with E-state index >= 15 is 0 Å². The van der Waals surface area contributed by atoms with Crippen molar-refractivity contribution in [2.75, 3.05) is 6.54 Å². The van der Waals surface area contributed by atoms with Gasteiger partial charge in [0.25, 0.3) is 0 Å². The third-order valence-electron chi connectivity index (χ3n) is 3.29. The van der Waals surface area contributed by atoms with Crippen LogP contribution in [-0.4, -0.2) is 23.2 Å². The number of hydrogen-bond acceptors (Lipinski definition) is 2. The summed E-state index contributed by atoms with van der Waals surface area (Å²) in [6, 6.07) is 0. The first kappa shape index (κ1) is 12.5. The predicted molar refractivity (Wildman–Crippen MR) is 60.8 cm³/mol. The van der Waals surface area contributed by atoms with E-state index in [9.17, 15) is 9.90 Å². The van der Waals surface area contributed by atoms with Crippen LogP contribution in [0.5, 0.6) is 0 Å². The fourth-order valence-corrected chi connectivity index (χ4v) is 1.91. The number of aliphatic carboxylic acids is 1. The Labute approximate surface area is 92.3 Å². The lowest BCUT2D eigenvalue weighted by Crippen LogP contribution is -2.51. The van der Waals surface area contributed by atoms with E-state index in [1.807, 2.05) is 6.92 Å². The number of nitrogens with one attached hydrogen (secondary N) is 1. The van der Waals surface area contributed by atoms with Crippen LogP contribution in [0.3, 0.4) is 0 Å². The van der Waals surface area contributed by atoms with Gasteiger partial charge in [-0.1, -0.05) is 13.8 Å². The summed E-state index contributed by atoms with van der Waals surface area (Å²) in [6.07, 6.45) is 4.33. The molecule has 1 aliphatic rings. The van der Waals surface area contributed by atoms with E-state index in [2.05, 4.69) is 19.2 Å². The van der Waals surface area contributed by atoms with Gasteiger partial charge in [-0.15, -0.1) is 0 Å². The standard InChI is InChI=1S/C12H23NO2/c1-9(2)5-4-8-13-12(3,11(14)15)10-6-7-10/h9-10,13H,4-8H2,1-3H3,(H,14,15). The van der Waals surface area contributed by atoms with E-state index in [0.717, 1.165) is 32.2 Å². The third-order valence-corrected chi connectivity index (χ3v) is 3.29. The van der Waals surface area contributed by atoms with Gasteiger partial charge in [0.15, 0.2) is 0 Å². The smallest absolute Gasteiger partial charge is 0.323 e. The van der Waals surface area contributed by atoms with Crippen molar-refractivity contribution in [1.82, 2.24) is 5.32 Å². The minimum Gasteiger partial charge on any atom is -0.480 e. The normalized spacial score (nSPS) is 20.3. The van der Waals surface area contributed by atoms with Crippen LogP contribution in [0, 0.1) is 11.8 Å². The van der Waals surface area contributed by atoms with E-state index in [-0.39, 0.29) is 0 Å². The molecular weight excluding hydrogens is 190 g/mol. The molecule has 1 unspecified atom stereocenters. The summed E-state index contributed by atoms with van der Waals surface area (Å²) < 4.78 is 0. The van der Waals surface area contributed by atoms with Crippen molar-refractivity contribution in [3.05, 3.63) is 0 Å². The molecule has 0 amide bonds. The first-order chi connectivity index (χ1) is 6.97. The molecule has 0 aromatic heterocycles. The predicted octanol–water partition coefficient (Wildman–Crippen LogP) is 2.27. The lowest BCUT2D eigenvalue weighted by atomic mass is 9.95. The second-order valence-electron chi connectivity index (χ2n) is 5.24. The molecule has 3 heteroatoms. The zero-order valence-corrected chi connectivity index (χ0v) is 10.0. The van der Waals surface area contributed by atoms with Gasteiger partial charge < -0.3 is 10.4 Å². The Hall–Kier alpha value is -0.570. The maximum Gasteiger partial charge on any atom is 0.323 e. The summed E-state index contributed by atoms with van der Waals surface area (Å²) in [7, 11) is 0. The van der Waals surface area contributed by atoms with Crippen LogP contribution in [0.25, 0.3) is 0 Å². The van der Waals surface area contributed by atoms with Crippen LogP contribution in [-0.2, 0) is 4.79 Å². The summed E-state index contributed by atoms with van der Waals surface area (Å²) in [5.41, 5.74) is -0.684. The van der Waals surface area contributed by atoms with E-state index in [0.29, 0.717) is 11.8 Å². The van der Waals surface area contributed by atoms with Crippen molar-refractivity contribution in [2.45, 2.75) is 52.0 Å². The van der Waals surface area contributed by atoms with Gasteiger partial charge >= 0.3 is 5.97 Å². The molecule has 15 heavy (non-hydrogen) atoms. The number of carboxylic acids is 1. The number of rotatable bonds is 7. The Bertz CT molecular complexity index is 224. The highest BCUT2D eigenvalue weighted by molar-refractivity contribution is 5.79. The van der Waals surface area contributed by atoms with E-state index in [4.69, 9.17) is 0 Å². The molecular formula is C12H23NO2. The molecule has 1 rings (SSSR count). The van der Waals surface area contributed by atoms with Crippen molar-refractivity contribution >= 4 is 5.97 Å². The lowest BCUT2D eigenvalue weighted by Gasteiger charge is -2.26. The van der Waals surface area contributed by atoms with Crippen molar-refractivity contribution < 1.29 is 9.90 Å². The third kappa shape index (κ3) is 3.49. The van der Waals surface area contributed by atoms with E-state index < -0.39 is 11.5 Å². The maximum absolute atomic E-state index is 11.2. The molecule has 3 nitrogen and oxygen atoms in total. The number of carboxylic acid groups (broad SMARTS) is 1. The monoisotopic (exact) mass is 213 g/mol. The van der Waals surface area contributed by atoms with Crippen LogP contribution < -0.4 is 5.32 Å². The van der Waals surface area contributed by atoms with Crippen LogP contribution in [0.2, 0.25) is 0 Å². The summed E-state index contributed by atoms with van der Waals surface area (Å²) >= 11 is 0. The lowest BCUT2D eigenvalue weighted by molar-refractivity contribution is -0.145. The first-order valence-electron chi connectivity index (χ1n) is 5.95. The quantitative estimate of drug-likeness (QED) is 0.638. The summed E-state index contributed by atoms with van der Waals surface area (Å²) in [6.45, 7) is 7.02. The van der Waals surface area contributed by atoms with Gasteiger partial charge in [0, 0.05) is 0 Å². The SMILES string of the molecule is CC(C)CCCNC(C)(C(=O)O)C1CC1. The van der Waals surface area contributed by atoms with E-state index in [1.165, 1.54) is 0 Å². The molecule has 2 N–H and O–H groups in total. The highest BCUT2D eigenvalue weighted by atomic mass is 16.4. The Kier molecular flexibility index (Phi) is 4.14. The van der Waals surface area contributed by atoms with Crippen LogP contribution >= 0.6 is 0 Å². The Balaban J connectivity index is 2.30. The average Bonchev–Trinajstić information content (AvgIpc) is 2.94. The minimum atomic E-state index is -0.699. The zero-order valence-electron chi connectivity index (χ0n) is 10.0. The minimum absolute atomic E-state index is 0.342. The van der Waals surface area contributed by atoms with Crippen LogP contribution in [0.1, 0.15) is 46.5 Å². The van der Waals surface area contributed by atoms with Gasteiger partial charge in [0.2, 0.25) is 0 Å². The van der Waals surface area contributed by atoms with Gasteiger partial charge in [-0.2, -0.15) is 0 Å². The van der Waals surface area contributed by atoms with Gasteiger partial charge in [-0.05, 0) is 51.0 Å². The van der Waals surface area contributed by atoms with Crippen molar-refractivity contribution in [2.24, 2.45) is 11.8 Å². The number of carbonyl (C=O) groups is 1. The fraction of sp³-hybridized carbons (Fsp3) is 0.917. The Morgan fingerprint density at radius 2 is 2.13 bits per heavy atom.